The molecule has 1 amide bonds. The summed E-state index contributed by atoms with van der Waals surface area (Å²) in [5.74, 6) is 0.116. The number of nitrogens with one attached hydrogen (secondary N) is 1. The maximum Gasteiger partial charge on any atom is 0.270 e. The second-order valence-electron chi connectivity index (χ2n) is 6.16. The summed E-state index contributed by atoms with van der Waals surface area (Å²) in [4.78, 5) is 33.4. The van der Waals surface area contributed by atoms with Crippen LogP contribution in [0.1, 0.15) is 21.7 Å². The van der Waals surface area contributed by atoms with Crippen LogP contribution in [0.15, 0.2) is 53.7 Å². The quantitative estimate of drug-likeness (QED) is 0.595. The second kappa shape index (κ2) is 6.56. The highest BCUT2D eigenvalue weighted by atomic mass is 16.5. The molecule has 0 aromatic carbocycles. The molecule has 8 nitrogen and oxygen atoms in total. The number of rotatable bonds is 4. The number of carbonyl (C=O) groups excluding carboxylic acids is 1. The minimum absolute atomic E-state index is 0.0489. The number of aromatic nitrogens is 4. The number of carbonyl (C=O) groups is 1. The smallest absolute Gasteiger partial charge is 0.270 e. The van der Waals surface area contributed by atoms with Gasteiger partial charge in [-0.15, -0.1) is 0 Å². The summed E-state index contributed by atoms with van der Waals surface area (Å²) in [7, 11) is 1.52. The van der Waals surface area contributed by atoms with Crippen molar-refractivity contribution in [3.63, 3.8) is 0 Å². The van der Waals surface area contributed by atoms with Crippen molar-refractivity contribution in [2.75, 3.05) is 7.11 Å². The van der Waals surface area contributed by atoms with Crippen molar-refractivity contribution in [3.8, 4) is 5.75 Å². The van der Waals surface area contributed by atoms with Gasteiger partial charge < -0.3 is 14.5 Å². The topological polar surface area (TPSA) is 90.0 Å². The molecule has 0 aliphatic rings. The number of imidazole rings is 1. The Bertz CT molecular complexity index is 1230. The molecule has 0 saturated carbocycles. The number of methoxy groups -OCH3 is 1. The van der Waals surface area contributed by atoms with Crippen molar-refractivity contribution in [3.05, 3.63) is 76.2 Å². The first-order valence-electron chi connectivity index (χ1n) is 8.33. The minimum Gasteiger partial charge on any atom is -0.497 e. The summed E-state index contributed by atoms with van der Waals surface area (Å²) in [5, 5.41) is 2.75. The predicted octanol–water partition coefficient (Wildman–Crippen LogP) is 1.59. The molecule has 8 heteroatoms. The molecule has 0 aliphatic heterocycles. The lowest BCUT2D eigenvalue weighted by atomic mass is 10.3. The molecule has 4 aromatic rings. The highest BCUT2D eigenvalue weighted by Gasteiger charge is 2.12. The summed E-state index contributed by atoms with van der Waals surface area (Å²) >= 11 is 0. The number of pyridine rings is 2. The van der Waals surface area contributed by atoms with Gasteiger partial charge in [-0.05, 0) is 24.6 Å². The highest BCUT2D eigenvalue weighted by Crippen LogP contribution is 2.11. The van der Waals surface area contributed by atoms with Gasteiger partial charge in [-0.1, -0.05) is 6.07 Å². The van der Waals surface area contributed by atoms with Crippen LogP contribution in [0.4, 0.5) is 0 Å². The molecule has 1 N–H and O–H groups in total. The van der Waals surface area contributed by atoms with Gasteiger partial charge in [-0.3, -0.25) is 14.0 Å². The minimum atomic E-state index is -0.439. The van der Waals surface area contributed by atoms with Crippen molar-refractivity contribution in [2.24, 2.45) is 0 Å². The first-order valence-corrected chi connectivity index (χ1v) is 8.33. The van der Waals surface area contributed by atoms with Gasteiger partial charge in [0.05, 0.1) is 19.3 Å². The van der Waals surface area contributed by atoms with E-state index in [1.807, 2.05) is 35.9 Å². The van der Waals surface area contributed by atoms with Gasteiger partial charge in [-0.25, -0.2) is 9.97 Å². The zero-order valence-electron chi connectivity index (χ0n) is 14.8. The Kier molecular flexibility index (Phi) is 4.08. The van der Waals surface area contributed by atoms with E-state index in [-0.39, 0.29) is 17.8 Å². The largest absolute Gasteiger partial charge is 0.497 e. The number of fused-ring (bicyclic) bond motifs is 2. The van der Waals surface area contributed by atoms with Gasteiger partial charge in [0, 0.05) is 30.7 Å². The Morgan fingerprint density at radius 2 is 2.00 bits per heavy atom. The van der Waals surface area contributed by atoms with E-state index in [4.69, 9.17) is 4.74 Å². The fourth-order valence-corrected chi connectivity index (χ4v) is 2.83. The van der Waals surface area contributed by atoms with Crippen molar-refractivity contribution in [1.29, 1.82) is 0 Å². The molecule has 0 saturated heterocycles. The number of hydrogen-bond donors (Lipinski definition) is 1. The zero-order valence-corrected chi connectivity index (χ0v) is 14.8. The molecule has 0 atom stereocenters. The van der Waals surface area contributed by atoms with E-state index in [0.29, 0.717) is 17.1 Å². The van der Waals surface area contributed by atoms with E-state index in [1.54, 1.807) is 18.3 Å². The van der Waals surface area contributed by atoms with Crippen molar-refractivity contribution in [2.45, 2.75) is 13.5 Å². The Hall–Kier alpha value is -3.68. The van der Waals surface area contributed by atoms with E-state index in [0.717, 1.165) is 11.2 Å². The highest BCUT2D eigenvalue weighted by molar-refractivity contribution is 5.92. The van der Waals surface area contributed by atoms with E-state index < -0.39 is 5.91 Å². The lowest BCUT2D eigenvalue weighted by Gasteiger charge is -2.06. The third-order valence-electron chi connectivity index (χ3n) is 4.19. The van der Waals surface area contributed by atoms with Crippen LogP contribution in [-0.4, -0.2) is 31.8 Å². The van der Waals surface area contributed by atoms with E-state index in [1.165, 1.54) is 17.6 Å². The number of amides is 1. The van der Waals surface area contributed by atoms with Crippen LogP contribution in [0.5, 0.6) is 5.75 Å². The molecule has 4 heterocycles. The van der Waals surface area contributed by atoms with Crippen LogP contribution in [0.25, 0.3) is 11.3 Å². The molecule has 0 aliphatic carbocycles. The van der Waals surface area contributed by atoms with Gasteiger partial charge >= 0.3 is 0 Å². The Balaban J connectivity index is 1.57. The molecule has 0 bridgehead atoms. The molecule has 136 valence electrons. The molecule has 0 fully saturated rings. The predicted molar refractivity (Wildman–Crippen MR) is 99.1 cm³/mol. The summed E-state index contributed by atoms with van der Waals surface area (Å²) in [6, 6.07) is 8.36. The van der Waals surface area contributed by atoms with Crippen LogP contribution in [0, 0.1) is 6.92 Å². The maximum absolute atomic E-state index is 12.5. The molecular weight excluding hydrogens is 346 g/mol. The van der Waals surface area contributed by atoms with Crippen LogP contribution in [-0.2, 0) is 6.54 Å². The van der Waals surface area contributed by atoms with E-state index in [2.05, 4.69) is 15.3 Å². The summed E-state index contributed by atoms with van der Waals surface area (Å²) in [5.41, 5.74) is 2.69. The molecule has 0 radical (unpaired) electrons. The van der Waals surface area contributed by atoms with Crippen molar-refractivity contribution < 1.29 is 9.53 Å². The van der Waals surface area contributed by atoms with Crippen LogP contribution >= 0.6 is 0 Å². The van der Waals surface area contributed by atoms with Gasteiger partial charge in [0.1, 0.15) is 22.7 Å². The average Bonchev–Trinajstić information content (AvgIpc) is 3.07. The maximum atomic E-state index is 12.5. The van der Waals surface area contributed by atoms with E-state index in [9.17, 15) is 9.59 Å². The van der Waals surface area contributed by atoms with Gasteiger partial charge in [0.15, 0.2) is 0 Å². The average molecular weight is 363 g/mol. The Morgan fingerprint density at radius 1 is 1.15 bits per heavy atom. The van der Waals surface area contributed by atoms with Gasteiger partial charge in [-0.2, -0.15) is 0 Å². The molecule has 4 aromatic heterocycles. The van der Waals surface area contributed by atoms with Crippen molar-refractivity contribution in [1.82, 2.24) is 24.1 Å². The normalized spacial score (nSPS) is 11.0. The monoisotopic (exact) mass is 363 g/mol. The zero-order chi connectivity index (χ0) is 19.0. The number of ether oxygens (including phenoxy) is 1. The molecule has 27 heavy (non-hydrogen) atoms. The SMILES string of the molecule is COc1ccn2c(=O)cc(C(=O)NCc3cn4cc(C)ccc4n3)nc2c1. The third kappa shape index (κ3) is 3.24. The fourth-order valence-electron chi connectivity index (χ4n) is 2.83. The summed E-state index contributed by atoms with van der Waals surface area (Å²) < 4.78 is 8.40. The number of aryl methyl sites for hydroxylation is 1. The van der Waals surface area contributed by atoms with E-state index >= 15 is 0 Å². The lowest BCUT2D eigenvalue weighted by Crippen LogP contribution is -2.27. The molecule has 0 spiro atoms. The third-order valence-corrected chi connectivity index (χ3v) is 4.19. The van der Waals surface area contributed by atoms with Gasteiger partial charge in [0.2, 0.25) is 0 Å². The van der Waals surface area contributed by atoms with Crippen LogP contribution in [0.3, 0.4) is 0 Å². The number of nitrogens with zero attached hydrogens (tertiary/aromatic N) is 4. The first-order chi connectivity index (χ1) is 13.0. The summed E-state index contributed by atoms with van der Waals surface area (Å²) in [6.45, 7) is 2.23. The molecule has 0 unspecified atom stereocenters. The first kappa shape index (κ1) is 16.8. The number of hydrogen-bond acceptors (Lipinski definition) is 5. The van der Waals surface area contributed by atoms with Crippen LogP contribution < -0.4 is 15.6 Å². The molecular formula is C19H17N5O3. The Morgan fingerprint density at radius 3 is 2.81 bits per heavy atom. The van der Waals surface area contributed by atoms with Gasteiger partial charge in [0.25, 0.3) is 11.5 Å². The summed E-state index contributed by atoms with van der Waals surface area (Å²) in [6.07, 6.45) is 5.38. The lowest BCUT2D eigenvalue weighted by molar-refractivity contribution is 0.0945. The molecule has 4 rings (SSSR count). The fraction of sp³-hybridized carbons (Fsp3) is 0.158. The second-order valence-corrected chi connectivity index (χ2v) is 6.16. The standard InChI is InChI=1S/C19H17N5O3/c1-12-3-4-16-21-13(11-23(16)10-12)9-20-19(26)15-8-18(25)24-6-5-14(27-2)7-17(24)22-15/h3-8,10-11H,9H2,1-2H3,(H,20,26). The Labute approximate surface area is 154 Å². The van der Waals surface area contributed by atoms with Crippen molar-refractivity contribution >= 4 is 17.2 Å². The van der Waals surface area contributed by atoms with Crippen LogP contribution in [0.2, 0.25) is 0 Å².